The molecule has 1 heterocycles. The minimum absolute atomic E-state index is 0.120. The van der Waals surface area contributed by atoms with Gasteiger partial charge in [0.1, 0.15) is 0 Å². The highest BCUT2D eigenvalue weighted by atomic mass is 32.1. The number of halogens is 4. The molecule has 1 amide bonds. The SMILES string of the molecule is CC(C)(C)c1csc(NC(=O)C(F)(F)C(F)F)n1. The van der Waals surface area contributed by atoms with Crippen molar-refractivity contribution < 1.29 is 22.4 Å². The van der Waals surface area contributed by atoms with E-state index in [4.69, 9.17) is 0 Å². The van der Waals surface area contributed by atoms with Crippen molar-refractivity contribution >= 4 is 22.4 Å². The lowest BCUT2D eigenvalue weighted by Crippen LogP contribution is -2.41. The van der Waals surface area contributed by atoms with Crippen LogP contribution < -0.4 is 5.32 Å². The quantitative estimate of drug-likeness (QED) is 0.865. The van der Waals surface area contributed by atoms with Crippen LogP contribution >= 0.6 is 11.3 Å². The number of hydrogen-bond donors (Lipinski definition) is 1. The third kappa shape index (κ3) is 3.18. The first-order valence-corrected chi connectivity index (χ1v) is 5.86. The summed E-state index contributed by atoms with van der Waals surface area (Å²) in [6, 6.07) is 0. The summed E-state index contributed by atoms with van der Waals surface area (Å²) in [5.41, 5.74) is 0.271. The maximum absolute atomic E-state index is 12.7. The second-order valence-electron chi connectivity index (χ2n) is 4.67. The van der Waals surface area contributed by atoms with E-state index in [1.807, 2.05) is 20.8 Å². The van der Waals surface area contributed by atoms with Gasteiger partial charge in [-0.3, -0.25) is 10.1 Å². The molecule has 18 heavy (non-hydrogen) atoms. The summed E-state index contributed by atoms with van der Waals surface area (Å²) < 4.78 is 49.2. The first kappa shape index (κ1) is 14.9. The Kier molecular flexibility index (Phi) is 3.99. The van der Waals surface area contributed by atoms with E-state index in [1.54, 1.807) is 10.7 Å². The molecular weight excluding hydrogens is 272 g/mol. The van der Waals surface area contributed by atoms with E-state index >= 15 is 0 Å². The fourth-order valence-electron chi connectivity index (χ4n) is 0.955. The number of aromatic nitrogens is 1. The summed E-state index contributed by atoms with van der Waals surface area (Å²) in [5.74, 6) is -6.76. The second-order valence-corrected chi connectivity index (χ2v) is 5.52. The number of amides is 1. The Hall–Kier alpha value is -1.18. The minimum atomic E-state index is -4.71. The van der Waals surface area contributed by atoms with Gasteiger partial charge < -0.3 is 0 Å². The van der Waals surface area contributed by atoms with Gasteiger partial charge in [-0.25, -0.2) is 13.8 Å². The molecule has 1 N–H and O–H groups in total. The van der Waals surface area contributed by atoms with Gasteiger partial charge in [-0.15, -0.1) is 11.3 Å². The van der Waals surface area contributed by atoms with Crippen molar-refractivity contribution in [3.63, 3.8) is 0 Å². The van der Waals surface area contributed by atoms with E-state index in [0.717, 1.165) is 11.3 Å². The molecule has 0 spiro atoms. The van der Waals surface area contributed by atoms with Crippen molar-refractivity contribution in [1.82, 2.24) is 4.98 Å². The molecule has 0 fully saturated rings. The van der Waals surface area contributed by atoms with E-state index in [9.17, 15) is 22.4 Å². The van der Waals surface area contributed by atoms with Crippen LogP contribution in [0.4, 0.5) is 22.7 Å². The number of carbonyl (C=O) groups is 1. The van der Waals surface area contributed by atoms with Crippen LogP contribution in [-0.2, 0) is 10.2 Å². The third-order valence-corrected chi connectivity index (χ3v) is 2.83. The maximum Gasteiger partial charge on any atom is 0.383 e. The van der Waals surface area contributed by atoms with Crippen molar-refractivity contribution in [3.8, 4) is 0 Å². The number of hydrogen-bond acceptors (Lipinski definition) is 3. The topological polar surface area (TPSA) is 42.0 Å². The van der Waals surface area contributed by atoms with Crippen LogP contribution in [-0.4, -0.2) is 23.2 Å². The highest BCUT2D eigenvalue weighted by Gasteiger charge is 2.49. The number of rotatable bonds is 3. The lowest BCUT2D eigenvalue weighted by atomic mass is 9.93. The molecule has 1 rings (SSSR count). The van der Waals surface area contributed by atoms with Crippen LogP contribution in [0.1, 0.15) is 26.5 Å². The summed E-state index contributed by atoms with van der Waals surface area (Å²) in [5, 5.41) is 3.15. The summed E-state index contributed by atoms with van der Waals surface area (Å²) in [6.07, 6.45) is -4.04. The zero-order valence-corrected chi connectivity index (χ0v) is 10.7. The van der Waals surface area contributed by atoms with Gasteiger partial charge >= 0.3 is 18.3 Å². The van der Waals surface area contributed by atoms with Crippen molar-refractivity contribution in [3.05, 3.63) is 11.1 Å². The molecule has 102 valence electrons. The van der Waals surface area contributed by atoms with Gasteiger partial charge in [0.15, 0.2) is 5.13 Å². The zero-order valence-electron chi connectivity index (χ0n) is 9.93. The van der Waals surface area contributed by atoms with Crippen LogP contribution in [0.2, 0.25) is 0 Å². The van der Waals surface area contributed by atoms with E-state index in [-0.39, 0.29) is 10.5 Å². The Balaban J connectivity index is 2.81. The lowest BCUT2D eigenvalue weighted by Gasteiger charge is -2.15. The number of alkyl halides is 4. The average Bonchev–Trinajstić information content (AvgIpc) is 2.65. The molecular formula is C10H12F4N2OS. The number of anilines is 1. The van der Waals surface area contributed by atoms with Crippen LogP contribution in [0.15, 0.2) is 5.38 Å². The minimum Gasteiger partial charge on any atom is -0.296 e. The fourth-order valence-corrected chi connectivity index (χ4v) is 1.89. The number of nitrogens with zero attached hydrogens (tertiary/aromatic N) is 1. The summed E-state index contributed by atoms with van der Waals surface area (Å²) in [6.45, 7) is 5.55. The van der Waals surface area contributed by atoms with E-state index < -0.39 is 18.3 Å². The van der Waals surface area contributed by atoms with Gasteiger partial charge in [-0.2, -0.15) is 8.78 Å². The Bertz CT molecular complexity index is 439. The first-order valence-electron chi connectivity index (χ1n) is 4.98. The normalized spacial score (nSPS) is 12.9. The Morgan fingerprint density at radius 2 is 1.94 bits per heavy atom. The third-order valence-electron chi connectivity index (χ3n) is 2.07. The average molecular weight is 284 g/mol. The van der Waals surface area contributed by atoms with Gasteiger partial charge in [-0.1, -0.05) is 20.8 Å². The Labute approximate surface area is 105 Å². The molecule has 0 radical (unpaired) electrons. The maximum atomic E-state index is 12.7. The summed E-state index contributed by atoms with van der Waals surface area (Å²) in [7, 11) is 0. The standard InChI is InChI=1S/C10H12F4N2OS/c1-9(2,3)5-4-18-8(15-5)16-7(17)10(13,14)6(11)12/h4,6H,1-3H3,(H,15,16,17). The van der Waals surface area contributed by atoms with Crippen LogP contribution in [0, 0.1) is 0 Å². The van der Waals surface area contributed by atoms with Gasteiger partial charge in [0, 0.05) is 10.8 Å². The molecule has 0 aromatic carbocycles. The molecule has 0 aliphatic rings. The van der Waals surface area contributed by atoms with Gasteiger partial charge in [0.05, 0.1) is 5.69 Å². The molecule has 0 bridgehead atoms. The van der Waals surface area contributed by atoms with Gasteiger partial charge in [0.25, 0.3) is 0 Å². The van der Waals surface area contributed by atoms with Crippen molar-refractivity contribution in [2.24, 2.45) is 0 Å². The number of carbonyl (C=O) groups excluding carboxylic acids is 1. The molecule has 0 unspecified atom stereocenters. The molecule has 1 aromatic rings. The van der Waals surface area contributed by atoms with Gasteiger partial charge in [0.2, 0.25) is 0 Å². The van der Waals surface area contributed by atoms with Crippen LogP contribution in [0.25, 0.3) is 0 Å². The molecule has 0 atom stereocenters. The molecule has 8 heteroatoms. The lowest BCUT2D eigenvalue weighted by molar-refractivity contribution is -0.163. The molecule has 3 nitrogen and oxygen atoms in total. The molecule has 0 aliphatic heterocycles. The summed E-state index contributed by atoms with van der Waals surface area (Å²) >= 11 is 0.911. The largest absolute Gasteiger partial charge is 0.383 e. The monoisotopic (exact) mass is 284 g/mol. The van der Waals surface area contributed by atoms with Gasteiger partial charge in [-0.05, 0) is 0 Å². The van der Waals surface area contributed by atoms with Crippen molar-refractivity contribution in [2.75, 3.05) is 5.32 Å². The van der Waals surface area contributed by atoms with E-state index in [0.29, 0.717) is 5.69 Å². The van der Waals surface area contributed by atoms with Crippen molar-refractivity contribution in [1.29, 1.82) is 0 Å². The van der Waals surface area contributed by atoms with Crippen molar-refractivity contribution in [2.45, 2.75) is 38.5 Å². The molecule has 1 aromatic heterocycles. The molecule has 0 saturated heterocycles. The van der Waals surface area contributed by atoms with E-state index in [2.05, 4.69) is 4.98 Å². The molecule has 0 aliphatic carbocycles. The van der Waals surface area contributed by atoms with E-state index in [1.165, 1.54) is 0 Å². The second kappa shape index (κ2) is 4.83. The summed E-state index contributed by atoms with van der Waals surface area (Å²) in [4.78, 5) is 14.9. The Morgan fingerprint density at radius 3 is 2.33 bits per heavy atom. The number of thiazole rings is 1. The molecule has 0 saturated carbocycles. The predicted molar refractivity (Wildman–Crippen MR) is 60.4 cm³/mol. The van der Waals surface area contributed by atoms with Crippen LogP contribution in [0.3, 0.4) is 0 Å². The zero-order chi connectivity index (χ0) is 14.1. The fraction of sp³-hybridized carbons (Fsp3) is 0.600. The highest BCUT2D eigenvalue weighted by Crippen LogP contribution is 2.29. The Morgan fingerprint density at radius 1 is 1.39 bits per heavy atom. The van der Waals surface area contributed by atoms with Crippen LogP contribution in [0.5, 0.6) is 0 Å². The number of nitrogens with one attached hydrogen (secondary N) is 1. The smallest absolute Gasteiger partial charge is 0.296 e. The predicted octanol–water partition coefficient (Wildman–Crippen LogP) is 3.28. The highest BCUT2D eigenvalue weighted by molar-refractivity contribution is 7.14. The first-order chi connectivity index (χ1) is 8.05.